The minimum atomic E-state index is -1.08. The number of aromatic nitrogens is 3. The van der Waals surface area contributed by atoms with Crippen LogP contribution in [0.1, 0.15) is 43.7 Å². The van der Waals surface area contributed by atoms with Crippen LogP contribution in [0.4, 0.5) is 14.5 Å². The molecule has 0 spiro atoms. The van der Waals surface area contributed by atoms with E-state index >= 15 is 0 Å². The molecule has 10 heteroatoms. The molecule has 3 fully saturated rings. The molecule has 3 heterocycles. The Hall–Kier alpha value is -3.45. The SMILES string of the molecule is N#CC1(NC(=O)C2C[C@@H](F)CC[C@H]2c2nn(-c3ccc(F)cn3)cc2-c2ccc(N3CCSCC3)cc2)CC1. The number of pyridine rings is 1. The molecule has 0 bridgehead atoms. The first-order valence-corrected chi connectivity index (χ1v) is 14.6. The predicted molar refractivity (Wildman–Crippen MR) is 147 cm³/mol. The maximum atomic E-state index is 14.6. The molecule has 2 saturated carbocycles. The van der Waals surface area contributed by atoms with Gasteiger partial charge < -0.3 is 10.2 Å². The largest absolute Gasteiger partial charge is 0.370 e. The van der Waals surface area contributed by atoms with Crippen LogP contribution in [-0.4, -0.2) is 57.0 Å². The number of halogens is 2. The summed E-state index contributed by atoms with van der Waals surface area (Å²) in [5.41, 5.74) is 2.80. The van der Waals surface area contributed by atoms with Crippen LogP contribution in [-0.2, 0) is 4.79 Å². The van der Waals surface area contributed by atoms with Gasteiger partial charge in [0.1, 0.15) is 17.5 Å². The fraction of sp³-hybridized carbons (Fsp3) is 0.448. The zero-order valence-corrected chi connectivity index (χ0v) is 22.3. The number of benzene rings is 1. The number of hydrogen-bond donors (Lipinski definition) is 1. The molecule has 1 unspecified atom stereocenters. The van der Waals surface area contributed by atoms with E-state index in [0.717, 1.165) is 47.6 Å². The van der Waals surface area contributed by atoms with E-state index in [1.54, 1.807) is 10.7 Å². The maximum Gasteiger partial charge on any atom is 0.225 e. The van der Waals surface area contributed by atoms with Crippen molar-refractivity contribution in [1.29, 1.82) is 5.26 Å². The smallest absolute Gasteiger partial charge is 0.225 e. The van der Waals surface area contributed by atoms with Crippen molar-refractivity contribution in [2.24, 2.45) is 5.92 Å². The Balaban J connectivity index is 1.37. The first kappa shape index (κ1) is 25.8. The summed E-state index contributed by atoms with van der Waals surface area (Å²) in [7, 11) is 0. The molecule has 6 rings (SSSR count). The van der Waals surface area contributed by atoms with Crippen LogP contribution in [0.2, 0.25) is 0 Å². The highest BCUT2D eigenvalue weighted by atomic mass is 32.2. The summed E-state index contributed by atoms with van der Waals surface area (Å²) in [6.45, 7) is 2.02. The van der Waals surface area contributed by atoms with Crippen LogP contribution < -0.4 is 10.2 Å². The van der Waals surface area contributed by atoms with E-state index in [-0.39, 0.29) is 18.2 Å². The highest BCUT2D eigenvalue weighted by Gasteiger charge is 2.48. The van der Waals surface area contributed by atoms with Gasteiger partial charge in [-0.25, -0.2) is 18.4 Å². The van der Waals surface area contributed by atoms with Crippen LogP contribution >= 0.6 is 11.8 Å². The quantitative estimate of drug-likeness (QED) is 0.466. The molecule has 2 aliphatic carbocycles. The molecule has 202 valence electrons. The summed E-state index contributed by atoms with van der Waals surface area (Å²) in [5.74, 6) is 0.958. The molecular weight excluding hydrogens is 518 g/mol. The standard InChI is InChI=1S/C29H30F2N6OS/c30-20-3-7-23(24(15-20)28(38)34-29(18-32)9-10-29)27-25(17-37(35-27)26-8-4-21(31)16-33-26)19-1-5-22(6-2-19)36-11-13-39-14-12-36/h1-2,4-6,8,16-17,20,23-24H,3,7,9-15H2,(H,34,38)/t20-,23+,24?/m0/s1. The van der Waals surface area contributed by atoms with E-state index in [1.165, 1.54) is 6.07 Å². The van der Waals surface area contributed by atoms with E-state index in [2.05, 4.69) is 45.5 Å². The Morgan fingerprint density at radius 3 is 2.56 bits per heavy atom. The lowest BCUT2D eigenvalue weighted by molar-refractivity contribution is -0.128. The summed E-state index contributed by atoms with van der Waals surface area (Å²) in [6.07, 6.45) is 4.03. The highest BCUT2D eigenvalue weighted by molar-refractivity contribution is 7.99. The Labute approximate surface area is 230 Å². The molecule has 3 aliphatic rings. The van der Waals surface area contributed by atoms with Gasteiger partial charge in [0.25, 0.3) is 0 Å². The first-order chi connectivity index (χ1) is 18.9. The lowest BCUT2D eigenvalue weighted by atomic mass is 9.74. The van der Waals surface area contributed by atoms with Gasteiger partial charge in [-0.1, -0.05) is 12.1 Å². The molecule has 1 aromatic carbocycles. The average Bonchev–Trinajstić information content (AvgIpc) is 3.61. The minimum Gasteiger partial charge on any atom is -0.370 e. The number of thioether (sulfide) groups is 1. The number of carbonyl (C=O) groups excluding carboxylic acids is 1. The first-order valence-electron chi connectivity index (χ1n) is 13.5. The number of carbonyl (C=O) groups is 1. The van der Waals surface area contributed by atoms with Crippen molar-refractivity contribution in [2.75, 3.05) is 29.5 Å². The number of alkyl halides is 1. The number of anilines is 1. The van der Waals surface area contributed by atoms with Gasteiger partial charge in [0, 0.05) is 53.9 Å². The molecule has 39 heavy (non-hydrogen) atoms. The molecule has 1 saturated heterocycles. The summed E-state index contributed by atoms with van der Waals surface area (Å²) in [4.78, 5) is 20.0. The second kappa shape index (κ2) is 10.6. The fourth-order valence-corrected chi connectivity index (χ4v) is 6.54. The third-order valence-electron chi connectivity index (χ3n) is 8.04. The molecule has 7 nitrogen and oxygen atoms in total. The summed E-state index contributed by atoms with van der Waals surface area (Å²) >= 11 is 1.96. The van der Waals surface area contributed by atoms with Crippen LogP contribution in [0, 0.1) is 23.1 Å². The number of nitriles is 1. The zero-order valence-electron chi connectivity index (χ0n) is 21.5. The summed E-state index contributed by atoms with van der Waals surface area (Å²) in [6, 6.07) is 13.4. The van der Waals surface area contributed by atoms with E-state index in [9.17, 15) is 18.8 Å². The molecular formula is C29H30F2N6OS. The normalized spacial score (nSPS) is 24.1. The van der Waals surface area contributed by atoms with Crippen LogP contribution in [0.5, 0.6) is 0 Å². The molecule has 1 N–H and O–H groups in total. The van der Waals surface area contributed by atoms with Gasteiger partial charge in [0.05, 0.1) is 18.0 Å². The Bertz CT molecular complexity index is 1380. The van der Waals surface area contributed by atoms with E-state index in [4.69, 9.17) is 5.10 Å². The van der Waals surface area contributed by atoms with E-state index in [1.807, 2.05) is 18.0 Å². The highest BCUT2D eigenvalue weighted by Crippen LogP contribution is 2.44. The second-order valence-corrected chi connectivity index (χ2v) is 11.9. The lowest BCUT2D eigenvalue weighted by Gasteiger charge is -2.32. The number of nitrogens with one attached hydrogen (secondary N) is 1. The Morgan fingerprint density at radius 1 is 1.13 bits per heavy atom. The second-order valence-electron chi connectivity index (χ2n) is 10.7. The van der Waals surface area contributed by atoms with Crippen molar-refractivity contribution in [3.63, 3.8) is 0 Å². The number of hydrogen-bond acceptors (Lipinski definition) is 6. The maximum absolute atomic E-state index is 14.6. The molecule has 1 aliphatic heterocycles. The van der Waals surface area contributed by atoms with Gasteiger partial charge in [-0.2, -0.15) is 22.1 Å². The summed E-state index contributed by atoms with van der Waals surface area (Å²) in [5, 5.41) is 17.3. The monoisotopic (exact) mass is 548 g/mol. The van der Waals surface area contributed by atoms with E-state index in [0.29, 0.717) is 37.2 Å². The molecule has 3 aromatic rings. The van der Waals surface area contributed by atoms with Crippen molar-refractivity contribution < 1.29 is 13.6 Å². The van der Waals surface area contributed by atoms with Crippen LogP contribution in [0.15, 0.2) is 48.8 Å². The topological polar surface area (TPSA) is 86.8 Å². The third-order valence-corrected chi connectivity index (χ3v) is 8.99. The van der Waals surface area contributed by atoms with Crippen molar-refractivity contribution in [1.82, 2.24) is 20.1 Å². The van der Waals surface area contributed by atoms with Gasteiger partial charge in [0.2, 0.25) is 5.91 Å². The minimum absolute atomic E-state index is 0.0883. The van der Waals surface area contributed by atoms with Gasteiger partial charge in [-0.3, -0.25) is 4.79 Å². The average molecular weight is 549 g/mol. The fourth-order valence-electron chi connectivity index (χ4n) is 5.63. The molecule has 2 aromatic heterocycles. The summed E-state index contributed by atoms with van der Waals surface area (Å²) < 4.78 is 29.8. The van der Waals surface area contributed by atoms with Gasteiger partial charge in [-0.05, 0) is 61.9 Å². The predicted octanol–water partition coefficient (Wildman–Crippen LogP) is 5.02. The Morgan fingerprint density at radius 2 is 1.90 bits per heavy atom. The van der Waals surface area contributed by atoms with Crippen molar-refractivity contribution >= 4 is 23.4 Å². The number of nitrogens with zero attached hydrogens (tertiary/aromatic N) is 5. The molecule has 1 amide bonds. The van der Waals surface area contributed by atoms with Crippen LogP contribution in [0.3, 0.4) is 0 Å². The molecule has 3 atom stereocenters. The molecule has 0 radical (unpaired) electrons. The lowest BCUT2D eigenvalue weighted by Crippen LogP contribution is -2.44. The number of rotatable bonds is 6. The van der Waals surface area contributed by atoms with Crippen molar-refractivity contribution in [3.05, 3.63) is 60.3 Å². The zero-order chi connectivity index (χ0) is 27.0. The van der Waals surface area contributed by atoms with Gasteiger partial charge >= 0.3 is 0 Å². The van der Waals surface area contributed by atoms with Crippen LogP contribution in [0.25, 0.3) is 16.9 Å². The van der Waals surface area contributed by atoms with Gasteiger partial charge in [-0.15, -0.1) is 0 Å². The third kappa shape index (κ3) is 5.37. The van der Waals surface area contributed by atoms with Gasteiger partial charge in [0.15, 0.2) is 5.82 Å². The van der Waals surface area contributed by atoms with Crippen molar-refractivity contribution in [2.45, 2.75) is 49.7 Å². The van der Waals surface area contributed by atoms with E-state index < -0.39 is 23.4 Å². The Kier molecular flexibility index (Phi) is 7.02. The van der Waals surface area contributed by atoms with Crippen molar-refractivity contribution in [3.8, 4) is 23.0 Å². The number of amides is 1.